The summed E-state index contributed by atoms with van der Waals surface area (Å²) in [7, 11) is 0. The Bertz CT molecular complexity index is 1390. The van der Waals surface area contributed by atoms with E-state index in [0.29, 0.717) is 19.6 Å². The van der Waals surface area contributed by atoms with Crippen LogP contribution in [0.25, 0.3) is 0 Å². The largest absolute Gasteiger partial charge is 0.394 e. The highest BCUT2D eigenvalue weighted by Gasteiger charge is 2.77. The van der Waals surface area contributed by atoms with Crippen molar-refractivity contribution >= 4 is 29.5 Å². The number of carbonyl (C=O) groups excluding carboxylic acids is 3. The molecule has 2 bridgehead atoms. The average Bonchev–Trinajstić information content (AvgIpc) is 3.64. The summed E-state index contributed by atoms with van der Waals surface area (Å²) >= 11 is 1.67. The number of aliphatic hydroxyl groups excluding tert-OH is 1. The summed E-state index contributed by atoms with van der Waals surface area (Å²) in [6.45, 7) is 15.0. The summed E-state index contributed by atoms with van der Waals surface area (Å²) in [4.78, 5) is 49.8. The highest BCUT2D eigenvalue weighted by atomic mass is 32.2. The number of fused-ring (bicyclic) bond motifs is 1. The number of rotatable bonds is 14. The molecule has 7 nitrogen and oxygen atoms in total. The van der Waals surface area contributed by atoms with E-state index in [-0.39, 0.29) is 41.5 Å². The summed E-state index contributed by atoms with van der Waals surface area (Å²) in [5.41, 5.74) is 1.78. The highest BCUT2D eigenvalue weighted by molar-refractivity contribution is 8.02. The highest BCUT2D eigenvalue weighted by Crippen LogP contribution is 2.69. The van der Waals surface area contributed by atoms with Gasteiger partial charge in [-0.1, -0.05) is 93.1 Å². The van der Waals surface area contributed by atoms with Gasteiger partial charge in [0.1, 0.15) is 6.04 Å². The zero-order valence-corrected chi connectivity index (χ0v) is 27.6. The standard InChI is InChI=1S/C37H47N3O4S/c1-6-15-26(5)39(21-8-3)36(44)33-37-25(4)22-30(45-37)31(34(42)38(20-7-2)23-27-16-11-9-12-17-27)32(37)35(43)40(33)29(24-41)28-18-13-10-14-19-28/h7-14,16-19,25-26,29-33,41H,2-3,6,15,20-24H2,1,4-5H3/t25?,26?,29-,30+,31-,32+,33?,37?/m1/s1. The smallest absolute Gasteiger partial charge is 0.247 e. The molecule has 1 N–H and O–H groups in total. The predicted molar refractivity (Wildman–Crippen MR) is 180 cm³/mol. The van der Waals surface area contributed by atoms with Crippen LogP contribution in [-0.4, -0.2) is 79.3 Å². The fourth-order valence-corrected chi connectivity index (χ4v) is 10.5. The molecule has 3 amide bonds. The van der Waals surface area contributed by atoms with Gasteiger partial charge in [0.2, 0.25) is 17.7 Å². The van der Waals surface area contributed by atoms with Gasteiger partial charge in [0, 0.05) is 30.9 Å². The molecule has 3 aliphatic heterocycles. The summed E-state index contributed by atoms with van der Waals surface area (Å²) in [6.07, 6.45) is 5.95. The van der Waals surface area contributed by atoms with Crippen LogP contribution in [0.1, 0.15) is 57.2 Å². The van der Waals surface area contributed by atoms with Crippen LogP contribution in [0.15, 0.2) is 86.0 Å². The van der Waals surface area contributed by atoms with E-state index in [4.69, 9.17) is 0 Å². The molecule has 0 radical (unpaired) electrons. The lowest BCUT2D eigenvalue weighted by Gasteiger charge is -2.43. The fourth-order valence-electron chi connectivity index (χ4n) is 8.15. The number of nitrogens with zero attached hydrogens (tertiary/aromatic N) is 3. The Morgan fingerprint density at radius 1 is 1.07 bits per heavy atom. The lowest BCUT2D eigenvalue weighted by atomic mass is 9.65. The first-order valence-electron chi connectivity index (χ1n) is 16.3. The summed E-state index contributed by atoms with van der Waals surface area (Å²) in [5, 5.41) is 10.8. The molecule has 240 valence electrons. The number of hydrogen-bond donors (Lipinski definition) is 1. The Morgan fingerprint density at radius 3 is 2.31 bits per heavy atom. The van der Waals surface area contributed by atoms with Gasteiger partial charge in [-0.25, -0.2) is 0 Å². The Balaban J connectivity index is 1.62. The van der Waals surface area contributed by atoms with E-state index < -0.39 is 28.7 Å². The topological polar surface area (TPSA) is 81.2 Å². The van der Waals surface area contributed by atoms with Crippen LogP contribution in [0.3, 0.4) is 0 Å². The van der Waals surface area contributed by atoms with Gasteiger partial charge in [-0.05, 0) is 36.8 Å². The molecule has 0 aromatic heterocycles. The van der Waals surface area contributed by atoms with Gasteiger partial charge in [-0.3, -0.25) is 14.4 Å². The third-order valence-corrected chi connectivity index (χ3v) is 12.2. The molecule has 3 heterocycles. The van der Waals surface area contributed by atoms with E-state index in [1.165, 1.54) is 0 Å². The molecule has 8 heteroatoms. The maximum Gasteiger partial charge on any atom is 0.247 e. The Labute approximate surface area is 272 Å². The Kier molecular flexibility index (Phi) is 10.2. The molecular formula is C37H47N3O4S. The molecule has 3 fully saturated rings. The predicted octanol–water partition coefficient (Wildman–Crippen LogP) is 5.48. The van der Waals surface area contributed by atoms with Crippen LogP contribution in [0.4, 0.5) is 0 Å². The molecule has 1 spiro atoms. The van der Waals surface area contributed by atoms with E-state index in [9.17, 15) is 19.5 Å². The SMILES string of the molecule is C=CCN(Cc1ccccc1)C(=O)[C@@H]1[C@@H]2CC(C)C3(S2)C(C(=O)N(CC=C)C(C)CCC)N([C@H](CO)c2ccccc2)C(=O)[C@H]13. The number of likely N-dealkylation sites (tertiary alicyclic amines) is 1. The van der Waals surface area contributed by atoms with Crippen molar-refractivity contribution in [1.29, 1.82) is 0 Å². The second kappa shape index (κ2) is 14.0. The van der Waals surface area contributed by atoms with Crippen LogP contribution in [0, 0.1) is 17.8 Å². The number of carbonyl (C=O) groups is 3. The average molecular weight is 630 g/mol. The Hall–Kier alpha value is -3.36. The minimum absolute atomic E-state index is 0.0219. The van der Waals surface area contributed by atoms with E-state index in [0.717, 1.165) is 30.4 Å². The molecule has 2 aromatic rings. The number of thioether (sulfide) groups is 1. The van der Waals surface area contributed by atoms with Crippen molar-refractivity contribution in [1.82, 2.24) is 14.7 Å². The van der Waals surface area contributed by atoms with Crippen molar-refractivity contribution < 1.29 is 19.5 Å². The lowest BCUT2D eigenvalue weighted by Crippen LogP contribution is -2.59. The number of hydrogen-bond acceptors (Lipinski definition) is 5. The minimum Gasteiger partial charge on any atom is -0.394 e. The van der Waals surface area contributed by atoms with Crippen molar-refractivity contribution in [3.8, 4) is 0 Å². The van der Waals surface area contributed by atoms with Gasteiger partial charge >= 0.3 is 0 Å². The maximum absolute atomic E-state index is 15.0. The van der Waals surface area contributed by atoms with Crippen LogP contribution in [0.5, 0.6) is 0 Å². The zero-order chi connectivity index (χ0) is 32.3. The first-order valence-corrected chi connectivity index (χ1v) is 17.1. The molecular weight excluding hydrogens is 582 g/mol. The minimum atomic E-state index is -0.823. The van der Waals surface area contributed by atoms with Gasteiger partial charge in [0.05, 0.1) is 29.2 Å². The van der Waals surface area contributed by atoms with Gasteiger partial charge in [-0.15, -0.1) is 24.9 Å². The number of aliphatic hydroxyl groups is 1. The summed E-state index contributed by atoms with van der Waals surface area (Å²) in [5.74, 6) is -1.63. The third kappa shape index (κ3) is 5.76. The third-order valence-electron chi connectivity index (χ3n) is 10.1. The van der Waals surface area contributed by atoms with Gasteiger partial charge in [0.15, 0.2) is 0 Å². The number of benzene rings is 2. The molecule has 8 atom stereocenters. The van der Waals surface area contributed by atoms with Crippen LogP contribution >= 0.6 is 11.8 Å². The maximum atomic E-state index is 15.0. The monoisotopic (exact) mass is 629 g/mol. The van der Waals surface area contributed by atoms with Crippen LogP contribution in [-0.2, 0) is 20.9 Å². The first kappa shape index (κ1) is 33.0. The molecule has 0 saturated carbocycles. The second-order valence-electron chi connectivity index (χ2n) is 12.8. The normalized spacial score (nSPS) is 28.0. The molecule has 4 unspecified atom stereocenters. The molecule has 2 aromatic carbocycles. The molecule has 3 saturated heterocycles. The Morgan fingerprint density at radius 2 is 1.71 bits per heavy atom. The van der Waals surface area contributed by atoms with Crippen molar-refractivity contribution in [2.24, 2.45) is 17.8 Å². The van der Waals surface area contributed by atoms with E-state index >= 15 is 0 Å². The molecule has 45 heavy (non-hydrogen) atoms. The molecule has 3 aliphatic rings. The molecule has 0 aliphatic carbocycles. The quantitative estimate of drug-likeness (QED) is 0.280. The van der Waals surface area contributed by atoms with Crippen molar-refractivity contribution in [2.45, 2.75) is 74.7 Å². The van der Waals surface area contributed by atoms with Crippen LogP contribution < -0.4 is 0 Å². The van der Waals surface area contributed by atoms with Crippen molar-refractivity contribution in [2.75, 3.05) is 19.7 Å². The van der Waals surface area contributed by atoms with Crippen molar-refractivity contribution in [3.63, 3.8) is 0 Å². The second-order valence-corrected chi connectivity index (χ2v) is 14.4. The fraction of sp³-hybridized carbons (Fsp3) is 0.486. The first-order chi connectivity index (χ1) is 21.7. The van der Waals surface area contributed by atoms with Crippen LogP contribution in [0.2, 0.25) is 0 Å². The lowest BCUT2D eigenvalue weighted by molar-refractivity contribution is -0.148. The summed E-state index contributed by atoms with van der Waals surface area (Å²) in [6, 6.07) is 17.7. The number of amides is 3. The van der Waals surface area contributed by atoms with E-state index in [1.807, 2.05) is 72.5 Å². The van der Waals surface area contributed by atoms with Crippen molar-refractivity contribution in [3.05, 3.63) is 97.1 Å². The van der Waals surface area contributed by atoms with Gasteiger partial charge < -0.3 is 19.8 Å². The van der Waals surface area contributed by atoms with E-state index in [2.05, 4.69) is 27.0 Å². The van der Waals surface area contributed by atoms with Gasteiger partial charge in [0.25, 0.3) is 0 Å². The summed E-state index contributed by atoms with van der Waals surface area (Å²) < 4.78 is -0.792. The molecule has 5 rings (SSSR count). The zero-order valence-electron chi connectivity index (χ0n) is 26.8. The van der Waals surface area contributed by atoms with E-state index in [1.54, 1.807) is 33.7 Å². The van der Waals surface area contributed by atoms with Gasteiger partial charge in [-0.2, -0.15) is 0 Å².